The Hall–Kier alpha value is -1.89. The monoisotopic (exact) mass is 281 g/mol. The van der Waals surface area contributed by atoms with E-state index in [1.54, 1.807) is 0 Å². The van der Waals surface area contributed by atoms with E-state index in [9.17, 15) is 4.79 Å². The number of anilines is 2. The molecule has 1 rings (SSSR count). The van der Waals surface area contributed by atoms with Gasteiger partial charge in [-0.25, -0.2) is 20.6 Å². The smallest absolute Gasteiger partial charge is 0.328 e. The molecule has 7 nitrogen and oxygen atoms in total. The first-order valence-corrected chi connectivity index (χ1v) is 6.58. The molecular weight excluding hydrogens is 258 g/mol. The van der Waals surface area contributed by atoms with Crippen LogP contribution in [0.25, 0.3) is 0 Å². The van der Waals surface area contributed by atoms with Crippen LogP contribution in [-0.4, -0.2) is 29.1 Å². The van der Waals surface area contributed by atoms with Crippen LogP contribution in [0.4, 0.5) is 11.6 Å². The molecule has 7 heteroatoms. The summed E-state index contributed by atoms with van der Waals surface area (Å²) in [5, 5.41) is 3.13. The number of ether oxygens (including phenoxy) is 1. The van der Waals surface area contributed by atoms with Crippen molar-refractivity contribution in [2.24, 2.45) is 11.8 Å². The number of methoxy groups -OCH3 is 1. The third-order valence-corrected chi connectivity index (χ3v) is 3.01. The number of nitrogens with two attached hydrogens (primary N) is 1. The van der Waals surface area contributed by atoms with E-state index in [2.05, 4.69) is 20.7 Å². The molecule has 0 aliphatic heterocycles. The maximum Gasteiger partial charge on any atom is 0.328 e. The van der Waals surface area contributed by atoms with Gasteiger partial charge in [0.2, 0.25) is 0 Å². The molecule has 0 saturated carbocycles. The molecule has 112 valence electrons. The van der Waals surface area contributed by atoms with Gasteiger partial charge in [0, 0.05) is 5.56 Å². The minimum absolute atomic E-state index is 0.0618. The van der Waals surface area contributed by atoms with Crippen molar-refractivity contribution in [2.45, 2.75) is 39.7 Å². The Balaban J connectivity index is 3.15. The van der Waals surface area contributed by atoms with Gasteiger partial charge in [-0.1, -0.05) is 27.7 Å². The third-order valence-electron chi connectivity index (χ3n) is 3.01. The van der Waals surface area contributed by atoms with E-state index in [4.69, 9.17) is 10.6 Å². The van der Waals surface area contributed by atoms with Crippen molar-refractivity contribution in [3.05, 3.63) is 11.9 Å². The maximum atomic E-state index is 11.8. The number of carbonyl (C=O) groups is 1. The summed E-state index contributed by atoms with van der Waals surface area (Å²) in [6, 6.07) is -0.474. The van der Waals surface area contributed by atoms with Crippen molar-refractivity contribution in [3.63, 3.8) is 0 Å². The fourth-order valence-electron chi connectivity index (χ4n) is 1.94. The average molecular weight is 281 g/mol. The number of esters is 1. The van der Waals surface area contributed by atoms with Gasteiger partial charge in [0.25, 0.3) is 0 Å². The summed E-state index contributed by atoms with van der Waals surface area (Å²) in [6.07, 6.45) is 1.40. The standard InChI is InChI=1S/C13H23N5O2/c1-7(2)9-11(15-6-16-12(9)18-14)17-10(8(3)4)13(19)20-5/h6-8,10H,14H2,1-5H3,(H2,15,16,17,18). The van der Waals surface area contributed by atoms with Gasteiger partial charge in [-0.15, -0.1) is 0 Å². The van der Waals surface area contributed by atoms with Crippen molar-refractivity contribution >= 4 is 17.6 Å². The van der Waals surface area contributed by atoms with E-state index < -0.39 is 6.04 Å². The number of hydrogen-bond acceptors (Lipinski definition) is 7. The van der Waals surface area contributed by atoms with Gasteiger partial charge in [0.05, 0.1) is 7.11 Å². The molecular formula is C13H23N5O2. The predicted octanol–water partition coefficient (Wildman–Crippen LogP) is 1.50. The highest BCUT2D eigenvalue weighted by Gasteiger charge is 2.25. The Morgan fingerprint density at radius 3 is 2.30 bits per heavy atom. The van der Waals surface area contributed by atoms with Gasteiger partial charge >= 0.3 is 5.97 Å². The van der Waals surface area contributed by atoms with Crippen LogP contribution in [0.3, 0.4) is 0 Å². The lowest BCUT2D eigenvalue weighted by Gasteiger charge is -2.23. The highest BCUT2D eigenvalue weighted by atomic mass is 16.5. The van der Waals surface area contributed by atoms with E-state index in [-0.39, 0.29) is 17.8 Å². The molecule has 0 radical (unpaired) electrons. The van der Waals surface area contributed by atoms with Crippen LogP contribution in [-0.2, 0) is 9.53 Å². The van der Waals surface area contributed by atoms with E-state index >= 15 is 0 Å². The van der Waals surface area contributed by atoms with E-state index in [1.165, 1.54) is 13.4 Å². The molecule has 0 spiro atoms. The molecule has 0 bridgehead atoms. The molecule has 1 aromatic heterocycles. The second kappa shape index (κ2) is 7.04. The fourth-order valence-corrected chi connectivity index (χ4v) is 1.94. The lowest BCUT2D eigenvalue weighted by atomic mass is 10.0. The lowest BCUT2D eigenvalue weighted by molar-refractivity contribution is -0.142. The van der Waals surface area contributed by atoms with Gasteiger partial charge < -0.3 is 15.5 Å². The van der Waals surface area contributed by atoms with Gasteiger partial charge in [-0.05, 0) is 11.8 Å². The van der Waals surface area contributed by atoms with Crippen molar-refractivity contribution in [1.29, 1.82) is 0 Å². The largest absolute Gasteiger partial charge is 0.467 e. The molecule has 0 aromatic carbocycles. The Morgan fingerprint density at radius 2 is 1.85 bits per heavy atom. The topological polar surface area (TPSA) is 102 Å². The summed E-state index contributed by atoms with van der Waals surface area (Å²) in [5.41, 5.74) is 3.39. The molecule has 1 atom stereocenters. The van der Waals surface area contributed by atoms with Crippen LogP contribution < -0.4 is 16.6 Å². The van der Waals surface area contributed by atoms with Gasteiger partial charge in [-0.2, -0.15) is 0 Å². The zero-order valence-electron chi connectivity index (χ0n) is 12.6. The van der Waals surface area contributed by atoms with Crippen LogP contribution >= 0.6 is 0 Å². The number of nitrogens with zero attached hydrogens (tertiary/aromatic N) is 2. The summed E-state index contributed by atoms with van der Waals surface area (Å²) in [6.45, 7) is 7.89. The SMILES string of the molecule is COC(=O)C(Nc1ncnc(NN)c1C(C)C)C(C)C. The Bertz CT molecular complexity index is 462. The molecule has 1 heterocycles. The second-order valence-electron chi connectivity index (χ2n) is 5.17. The molecule has 0 saturated heterocycles. The minimum atomic E-state index is -0.474. The summed E-state index contributed by atoms with van der Waals surface area (Å²) >= 11 is 0. The number of hydrogen-bond donors (Lipinski definition) is 3. The third kappa shape index (κ3) is 3.57. The molecule has 1 aromatic rings. The highest BCUT2D eigenvalue weighted by Crippen LogP contribution is 2.28. The average Bonchev–Trinajstić information content (AvgIpc) is 2.42. The van der Waals surface area contributed by atoms with E-state index in [1.807, 2.05) is 27.7 Å². The molecule has 20 heavy (non-hydrogen) atoms. The Labute approximate surface area is 119 Å². The zero-order chi connectivity index (χ0) is 15.3. The quantitative estimate of drug-likeness (QED) is 0.412. The fraction of sp³-hybridized carbons (Fsp3) is 0.615. The minimum Gasteiger partial charge on any atom is -0.467 e. The van der Waals surface area contributed by atoms with E-state index in [0.29, 0.717) is 11.6 Å². The summed E-state index contributed by atoms with van der Waals surface area (Å²) < 4.78 is 4.82. The molecule has 1 unspecified atom stereocenters. The summed E-state index contributed by atoms with van der Waals surface area (Å²) in [5.74, 6) is 6.50. The lowest BCUT2D eigenvalue weighted by Crippen LogP contribution is -2.36. The molecule has 0 fully saturated rings. The first kappa shape index (κ1) is 16.2. The van der Waals surface area contributed by atoms with Crippen molar-refractivity contribution in [1.82, 2.24) is 9.97 Å². The normalized spacial score (nSPS) is 12.4. The number of nitrogens with one attached hydrogen (secondary N) is 2. The van der Waals surface area contributed by atoms with Crippen LogP contribution in [0.1, 0.15) is 39.2 Å². The predicted molar refractivity (Wildman–Crippen MR) is 78.2 cm³/mol. The number of hydrazine groups is 1. The molecule has 4 N–H and O–H groups in total. The highest BCUT2D eigenvalue weighted by molar-refractivity contribution is 5.79. The summed E-state index contributed by atoms with van der Waals surface area (Å²) in [7, 11) is 1.37. The van der Waals surface area contributed by atoms with Crippen LogP contribution in [0.15, 0.2) is 6.33 Å². The molecule has 0 aliphatic rings. The van der Waals surface area contributed by atoms with Gasteiger partial charge in [0.15, 0.2) is 0 Å². The first-order valence-electron chi connectivity index (χ1n) is 6.58. The van der Waals surface area contributed by atoms with Crippen molar-refractivity contribution in [3.8, 4) is 0 Å². The Morgan fingerprint density at radius 1 is 1.25 bits per heavy atom. The molecule has 0 amide bonds. The van der Waals surface area contributed by atoms with Crippen molar-refractivity contribution < 1.29 is 9.53 Å². The van der Waals surface area contributed by atoms with E-state index in [0.717, 1.165) is 5.56 Å². The number of nitrogen functional groups attached to an aromatic ring is 1. The van der Waals surface area contributed by atoms with Crippen LogP contribution in [0.2, 0.25) is 0 Å². The zero-order valence-corrected chi connectivity index (χ0v) is 12.6. The Kier molecular flexibility index (Phi) is 5.69. The summed E-state index contributed by atoms with van der Waals surface area (Å²) in [4.78, 5) is 20.1. The second-order valence-corrected chi connectivity index (χ2v) is 5.17. The maximum absolute atomic E-state index is 11.8. The van der Waals surface area contributed by atoms with Crippen LogP contribution in [0.5, 0.6) is 0 Å². The van der Waals surface area contributed by atoms with Gasteiger partial charge in [0.1, 0.15) is 24.0 Å². The number of rotatable bonds is 6. The number of aromatic nitrogens is 2. The van der Waals surface area contributed by atoms with Crippen LogP contribution in [0, 0.1) is 5.92 Å². The molecule has 0 aliphatic carbocycles. The van der Waals surface area contributed by atoms with Crippen molar-refractivity contribution in [2.75, 3.05) is 17.9 Å². The first-order chi connectivity index (χ1) is 9.42. The number of carbonyl (C=O) groups excluding carboxylic acids is 1. The van der Waals surface area contributed by atoms with Gasteiger partial charge in [-0.3, -0.25) is 0 Å².